The van der Waals surface area contributed by atoms with Crippen LogP contribution in [0.4, 0.5) is 0 Å². The van der Waals surface area contributed by atoms with Gasteiger partial charge in [-0.1, -0.05) is 0 Å². The molecule has 0 saturated carbocycles. The van der Waals surface area contributed by atoms with Crippen molar-refractivity contribution in [3.05, 3.63) is 100 Å². The number of carbonyl (C=O) groups excluding carboxylic acids is 4. The van der Waals surface area contributed by atoms with Gasteiger partial charge in [0, 0.05) is 34.2 Å². The number of Topliss-reactive ketones (excluding diaryl/α,β-unsaturated/α-hetero) is 1. The van der Waals surface area contributed by atoms with E-state index in [9.17, 15) is 44.4 Å². The molecule has 4 N–H and O–H groups in total. The number of fused-ring (bicyclic) bond motifs is 2. The Morgan fingerprint density at radius 1 is 0.458 bits per heavy atom. The quantitative estimate of drug-likeness (QED) is 0.0604. The smallest absolute Gasteiger partial charge is 0.347 e. The lowest BCUT2D eigenvalue weighted by atomic mass is 9.57. The summed E-state index contributed by atoms with van der Waals surface area (Å²) in [5, 5.41) is 45.0. The van der Waals surface area contributed by atoms with E-state index in [4.69, 9.17) is 37.9 Å². The summed E-state index contributed by atoms with van der Waals surface area (Å²) in [6.07, 6.45) is -0.428. The third kappa shape index (κ3) is 7.61. The number of methoxy groups -OCH3 is 4. The Morgan fingerprint density at radius 2 is 0.792 bits per heavy atom. The topological polar surface area (TPSA) is 257 Å². The van der Waals surface area contributed by atoms with Gasteiger partial charge in [0.05, 0.1) is 28.4 Å². The first-order valence-corrected chi connectivity index (χ1v) is 22.7. The summed E-state index contributed by atoms with van der Waals surface area (Å²) in [6, 6.07) is 0. The predicted molar refractivity (Wildman–Crippen MR) is 260 cm³/mol. The zero-order chi connectivity index (χ0) is 54.3. The summed E-state index contributed by atoms with van der Waals surface area (Å²) >= 11 is 0. The molecule has 4 aromatic carbocycles. The van der Waals surface area contributed by atoms with Gasteiger partial charge < -0.3 is 58.3 Å². The molecule has 0 aromatic heterocycles. The van der Waals surface area contributed by atoms with Crippen LogP contribution in [0.1, 0.15) is 129 Å². The molecular weight excluding hydrogens is 937 g/mol. The highest BCUT2D eigenvalue weighted by atomic mass is 16.6. The summed E-state index contributed by atoms with van der Waals surface area (Å²) < 4.78 is 46.9. The van der Waals surface area contributed by atoms with E-state index in [1.54, 1.807) is 62.3 Å². The van der Waals surface area contributed by atoms with Crippen LogP contribution in [0.2, 0.25) is 0 Å². The number of carboxylic acid groups (broad SMARTS) is 2. The molecule has 18 heteroatoms. The molecule has 0 fully saturated rings. The van der Waals surface area contributed by atoms with E-state index in [2.05, 4.69) is 0 Å². The third-order valence-corrected chi connectivity index (χ3v) is 15.1. The summed E-state index contributed by atoms with van der Waals surface area (Å²) in [5.74, 6) is -6.55. The molecule has 0 saturated heterocycles. The predicted octanol–water partition coefficient (Wildman–Crippen LogP) is 7.63. The van der Waals surface area contributed by atoms with Crippen LogP contribution in [0, 0.1) is 76.2 Å². The van der Waals surface area contributed by atoms with Crippen molar-refractivity contribution in [2.75, 3.05) is 28.4 Å². The molecule has 384 valence electrons. The SMILES string of the molecule is COc1c(C)c(OC(=O)c2c(C)c(C)c(OC(=O)C3=C(C)[C@@](C)(O)[C@@]4(O)Cc5c(C)c(OC)c(C(=O)Oc6c(C)c(C)c(C(=O)O)c(OC)c6C)c(C)c5O[C@@]4(C)C3=O)c(C)c2OC)c(C)c(C)c1C(=O)O. The molecule has 0 amide bonds. The largest absolute Gasteiger partial charge is 0.496 e. The van der Waals surface area contributed by atoms with E-state index in [1.165, 1.54) is 63.1 Å². The van der Waals surface area contributed by atoms with E-state index in [0.717, 1.165) is 0 Å². The van der Waals surface area contributed by atoms with Crippen molar-refractivity contribution >= 4 is 35.6 Å². The van der Waals surface area contributed by atoms with E-state index >= 15 is 4.79 Å². The standard InChI is InChI=1S/C54H60O18/c1-20-23(4)38(28(9)43(66-16)33(20)47(56)57)69-49(60)35-22(3)25(6)40(30(11)45(35)68-18)71-51(62)37-31(12)52(13,63)54(64)19-32-26(7)42(65-15)36(27(8)41(32)72-53(54,14)46(37)55)50(61)70-39-24(5)21(2)34(48(58)59)44(67-17)29(39)10/h63-64H,19H2,1-18H3,(H,56,57)(H,58,59)/t52-,53+,54+/m1/s1. The van der Waals surface area contributed by atoms with Gasteiger partial charge in [-0.2, -0.15) is 0 Å². The molecule has 0 radical (unpaired) electrons. The Labute approximate surface area is 416 Å². The Hall–Kier alpha value is -7.44. The molecule has 2 aliphatic rings. The second-order valence-electron chi connectivity index (χ2n) is 18.7. The van der Waals surface area contributed by atoms with Crippen LogP contribution >= 0.6 is 0 Å². The summed E-state index contributed by atoms with van der Waals surface area (Å²) in [4.78, 5) is 82.6. The normalized spacial score (nSPS) is 19.1. The second kappa shape index (κ2) is 18.6. The van der Waals surface area contributed by atoms with Crippen LogP contribution in [-0.4, -0.2) is 101 Å². The number of hydrogen-bond acceptors (Lipinski definition) is 16. The van der Waals surface area contributed by atoms with Crippen molar-refractivity contribution in [2.45, 2.75) is 120 Å². The molecule has 3 atom stereocenters. The van der Waals surface area contributed by atoms with Crippen molar-refractivity contribution in [1.82, 2.24) is 0 Å². The molecule has 0 unspecified atom stereocenters. The number of ether oxygens (including phenoxy) is 8. The molecule has 0 spiro atoms. The van der Waals surface area contributed by atoms with E-state index in [0.29, 0.717) is 27.8 Å². The number of aromatic carboxylic acids is 2. The van der Waals surface area contributed by atoms with Crippen LogP contribution in [0.5, 0.6) is 46.0 Å². The van der Waals surface area contributed by atoms with Gasteiger partial charge in [-0.3, -0.25) is 4.79 Å². The maximum Gasteiger partial charge on any atom is 0.347 e. The molecule has 1 heterocycles. The van der Waals surface area contributed by atoms with Crippen LogP contribution in [0.3, 0.4) is 0 Å². The van der Waals surface area contributed by atoms with Crippen molar-refractivity contribution in [3.63, 3.8) is 0 Å². The summed E-state index contributed by atoms with van der Waals surface area (Å²) in [6.45, 7) is 21.0. The molecule has 6 rings (SSSR count). The Morgan fingerprint density at radius 3 is 1.17 bits per heavy atom. The first-order chi connectivity index (χ1) is 33.4. The first kappa shape index (κ1) is 53.9. The van der Waals surface area contributed by atoms with Gasteiger partial charge in [0.1, 0.15) is 85.0 Å². The highest BCUT2D eigenvalue weighted by Gasteiger charge is 2.71. The maximum atomic E-state index is 15.1. The van der Waals surface area contributed by atoms with Gasteiger partial charge in [0.2, 0.25) is 11.4 Å². The van der Waals surface area contributed by atoms with E-state index in [1.807, 2.05) is 0 Å². The average Bonchev–Trinajstić information content (AvgIpc) is 3.31. The van der Waals surface area contributed by atoms with E-state index < -0.39 is 64.4 Å². The fourth-order valence-corrected chi connectivity index (χ4v) is 10.4. The van der Waals surface area contributed by atoms with Gasteiger partial charge in [-0.15, -0.1) is 0 Å². The number of hydrogen-bond donors (Lipinski definition) is 4. The Balaban J connectivity index is 1.41. The number of aliphatic hydroxyl groups is 2. The molecule has 72 heavy (non-hydrogen) atoms. The fourth-order valence-electron chi connectivity index (χ4n) is 10.4. The van der Waals surface area contributed by atoms with Gasteiger partial charge in [-0.05, 0) is 141 Å². The Kier molecular flexibility index (Phi) is 13.9. The maximum absolute atomic E-state index is 15.1. The number of esters is 3. The molecule has 1 aliphatic heterocycles. The summed E-state index contributed by atoms with van der Waals surface area (Å²) in [5.41, 5.74) is -5.16. The zero-order valence-electron chi connectivity index (χ0n) is 43.7. The number of ketones is 1. The van der Waals surface area contributed by atoms with Crippen LogP contribution < -0.4 is 37.9 Å². The molecule has 0 bridgehead atoms. The van der Waals surface area contributed by atoms with Gasteiger partial charge in [0.15, 0.2) is 0 Å². The number of rotatable bonds is 12. The minimum absolute atomic E-state index is 0.00281. The number of carboxylic acids is 2. The molecule has 18 nitrogen and oxygen atoms in total. The monoisotopic (exact) mass is 996 g/mol. The highest BCUT2D eigenvalue weighted by molar-refractivity contribution is 6.23. The Bertz CT molecular complexity index is 3150. The minimum atomic E-state index is -2.45. The first-order valence-electron chi connectivity index (χ1n) is 22.7. The minimum Gasteiger partial charge on any atom is -0.496 e. The molecular formula is C54H60O18. The van der Waals surface area contributed by atoms with Crippen LogP contribution in [-0.2, 0) is 16.0 Å². The molecule has 1 aliphatic carbocycles. The zero-order valence-corrected chi connectivity index (χ0v) is 43.7. The molecule has 4 aromatic rings. The summed E-state index contributed by atoms with van der Waals surface area (Å²) in [7, 11) is 5.23. The van der Waals surface area contributed by atoms with Crippen LogP contribution in [0.25, 0.3) is 0 Å². The third-order valence-electron chi connectivity index (χ3n) is 15.1. The van der Waals surface area contributed by atoms with Crippen molar-refractivity contribution in [3.8, 4) is 46.0 Å². The highest BCUT2D eigenvalue weighted by Crippen LogP contribution is 2.56. The lowest BCUT2D eigenvalue weighted by Gasteiger charge is -2.57. The van der Waals surface area contributed by atoms with E-state index in [-0.39, 0.29) is 113 Å². The van der Waals surface area contributed by atoms with Gasteiger partial charge in [-0.25, -0.2) is 24.0 Å². The second-order valence-corrected chi connectivity index (χ2v) is 18.7. The van der Waals surface area contributed by atoms with Crippen molar-refractivity contribution in [2.24, 2.45) is 0 Å². The van der Waals surface area contributed by atoms with Crippen molar-refractivity contribution < 1.29 is 87.1 Å². The van der Waals surface area contributed by atoms with Gasteiger partial charge >= 0.3 is 29.8 Å². The average molecular weight is 997 g/mol. The van der Waals surface area contributed by atoms with Crippen molar-refractivity contribution in [1.29, 1.82) is 0 Å². The lowest BCUT2D eigenvalue weighted by Crippen LogP contribution is -2.76. The number of benzene rings is 4. The lowest BCUT2D eigenvalue weighted by molar-refractivity contribution is -0.221. The number of carbonyl (C=O) groups is 6. The van der Waals surface area contributed by atoms with Crippen LogP contribution in [0.15, 0.2) is 11.1 Å². The fraction of sp³-hybridized carbons (Fsp3) is 0.407. The van der Waals surface area contributed by atoms with Gasteiger partial charge in [0.25, 0.3) is 0 Å².